The van der Waals surface area contributed by atoms with Gasteiger partial charge in [-0.1, -0.05) is 27.7 Å². The van der Waals surface area contributed by atoms with Crippen molar-refractivity contribution >= 4 is 23.9 Å². The van der Waals surface area contributed by atoms with Crippen molar-refractivity contribution in [1.29, 1.82) is 0 Å². The van der Waals surface area contributed by atoms with Crippen LogP contribution in [0.1, 0.15) is 101 Å². The second-order valence-electron chi connectivity index (χ2n) is 19.4. The first-order valence-electron chi connectivity index (χ1n) is 20.8. The number of piperidine rings is 2. The van der Waals surface area contributed by atoms with Gasteiger partial charge in [-0.05, 0) is 77.0 Å². The van der Waals surface area contributed by atoms with Gasteiger partial charge in [0.05, 0.1) is 41.2 Å². The van der Waals surface area contributed by atoms with Gasteiger partial charge >= 0.3 is 23.9 Å². The van der Waals surface area contributed by atoms with Crippen LogP contribution < -0.4 is 0 Å². The van der Waals surface area contributed by atoms with Gasteiger partial charge in [0, 0.05) is 44.3 Å². The lowest BCUT2D eigenvalue weighted by Crippen LogP contribution is -2.78. The third-order valence-corrected chi connectivity index (χ3v) is 16.1. The molecule has 7 aliphatic rings. The van der Waals surface area contributed by atoms with E-state index in [1.54, 1.807) is 20.8 Å². The third kappa shape index (κ3) is 5.81. The highest BCUT2D eigenvalue weighted by Crippen LogP contribution is 2.78. The zero-order valence-electron chi connectivity index (χ0n) is 34.5. The second-order valence-corrected chi connectivity index (χ2v) is 19.4. The fourth-order valence-electron chi connectivity index (χ4n) is 13.1. The van der Waals surface area contributed by atoms with Gasteiger partial charge in [-0.3, -0.25) is 19.3 Å². The van der Waals surface area contributed by atoms with Crippen LogP contribution in [0, 0.1) is 46.8 Å². The minimum Gasteiger partial charge on any atom is -0.458 e. The molecule has 4 aliphatic carbocycles. The van der Waals surface area contributed by atoms with Gasteiger partial charge in [0.1, 0.15) is 17.8 Å². The van der Waals surface area contributed by atoms with E-state index >= 15 is 0 Å². The summed E-state index contributed by atoms with van der Waals surface area (Å²) < 4.78 is 31.1. The summed E-state index contributed by atoms with van der Waals surface area (Å²) in [5, 5.41) is 73.2. The van der Waals surface area contributed by atoms with E-state index in [2.05, 4.69) is 11.8 Å². The number of ether oxygens (including phenoxy) is 5. The Bertz CT molecular complexity index is 1650. The minimum absolute atomic E-state index is 0.0170. The van der Waals surface area contributed by atoms with Crippen molar-refractivity contribution in [3.8, 4) is 0 Å². The van der Waals surface area contributed by atoms with Crippen LogP contribution in [0.15, 0.2) is 0 Å². The van der Waals surface area contributed by atoms with Crippen molar-refractivity contribution < 1.29 is 73.5 Å². The van der Waals surface area contributed by atoms with Gasteiger partial charge in [-0.15, -0.1) is 0 Å². The van der Waals surface area contributed by atoms with Gasteiger partial charge in [-0.2, -0.15) is 0 Å². The predicted octanol–water partition coefficient (Wildman–Crippen LogP) is 0.578. The van der Waals surface area contributed by atoms with Gasteiger partial charge in [0.15, 0.2) is 17.8 Å². The van der Waals surface area contributed by atoms with Crippen molar-refractivity contribution in [3.05, 3.63) is 0 Å². The van der Waals surface area contributed by atoms with E-state index in [0.717, 1.165) is 27.2 Å². The molecule has 0 amide bonds. The highest BCUT2D eigenvalue weighted by atomic mass is 16.7. The topological polar surface area (TPSA) is 239 Å². The summed E-state index contributed by atoms with van der Waals surface area (Å²) in [5.74, 6) is -11.5. The van der Waals surface area contributed by atoms with Crippen LogP contribution in [-0.2, 0) is 42.9 Å². The van der Waals surface area contributed by atoms with E-state index in [4.69, 9.17) is 23.7 Å². The van der Waals surface area contributed by atoms with Gasteiger partial charge < -0.3 is 54.3 Å². The summed E-state index contributed by atoms with van der Waals surface area (Å²) in [6.45, 7) is 14.7. The van der Waals surface area contributed by atoms with Crippen molar-refractivity contribution in [2.75, 3.05) is 13.1 Å². The maximum atomic E-state index is 13.9. The Morgan fingerprint density at radius 1 is 0.930 bits per heavy atom. The molecule has 16 heteroatoms. The van der Waals surface area contributed by atoms with E-state index in [9.17, 15) is 49.8 Å². The summed E-state index contributed by atoms with van der Waals surface area (Å²) in [6.07, 6.45) is -7.41. The molecular formula is C41H63NO15. The number of carbonyl (C=O) groups is 4. The molecule has 4 bridgehead atoms. The predicted molar refractivity (Wildman–Crippen MR) is 196 cm³/mol. The fourth-order valence-corrected chi connectivity index (χ4v) is 13.1. The number of aliphatic hydroxyl groups is 6. The molecule has 57 heavy (non-hydrogen) atoms. The lowest BCUT2D eigenvalue weighted by atomic mass is 9.48. The fraction of sp³-hybridized carbons (Fsp3) is 0.902. The minimum atomic E-state index is -2.47. The smallest absolute Gasteiger partial charge is 0.341 e. The highest BCUT2D eigenvalue weighted by Gasteiger charge is 2.90. The van der Waals surface area contributed by atoms with Crippen LogP contribution in [-0.4, -0.2) is 143 Å². The maximum absolute atomic E-state index is 13.9. The first-order valence-corrected chi connectivity index (χ1v) is 20.8. The summed E-state index contributed by atoms with van der Waals surface area (Å²) in [4.78, 5) is 55.6. The van der Waals surface area contributed by atoms with Crippen molar-refractivity contribution in [2.24, 2.45) is 46.8 Å². The Balaban J connectivity index is 1.45. The normalized spacial score (nSPS) is 50.4. The third-order valence-electron chi connectivity index (χ3n) is 16.1. The molecular weight excluding hydrogens is 746 g/mol. The van der Waals surface area contributed by atoms with Crippen LogP contribution in [0.25, 0.3) is 0 Å². The number of carbonyl (C=O) groups excluding carboxylic acids is 4. The zero-order chi connectivity index (χ0) is 42.2. The quantitative estimate of drug-likeness (QED) is 0.145. The summed E-state index contributed by atoms with van der Waals surface area (Å²) in [5.41, 5.74) is -9.03. The molecule has 0 unspecified atom stereocenters. The molecule has 1 spiro atoms. The molecule has 3 aliphatic heterocycles. The van der Waals surface area contributed by atoms with Crippen molar-refractivity contribution in [3.63, 3.8) is 0 Å². The van der Waals surface area contributed by atoms with Gasteiger partial charge in [-0.25, -0.2) is 4.79 Å². The van der Waals surface area contributed by atoms with E-state index in [-0.39, 0.29) is 25.3 Å². The summed E-state index contributed by atoms with van der Waals surface area (Å²) in [7, 11) is 0. The number of hydrogen-bond acceptors (Lipinski definition) is 16. The van der Waals surface area contributed by atoms with Crippen LogP contribution in [0.4, 0.5) is 0 Å². The lowest BCUT2D eigenvalue weighted by Gasteiger charge is -2.64. The molecule has 0 aromatic heterocycles. The van der Waals surface area contributed by atoms with Crippen LogP contribution in [0.5, 0.6) is 0 Å². The zero-order valence-corrected chi connectivity index (χ0v) is 34.5. The number of rotatable bonds is 8. The van der Waals surface area contributed by atoms with Crippen molar-refractivity contribution in [1.82, 2.24) is 4.90 Å². The SMILES string of the molecule is CC[C@@H](C)C(=O)O[C@H]1[C@H](O)[C@H]2[C@@H](CN3C[C@@H](C)CC[C@H]3[C@@]2(C)O)[C@@H]2C[C@@]34O[C@]5(O)[C@@H](OC(=O)[C@](C)(O)[C@@H](C)O)CC[C@@]3(C)[C@@H]5[C@@H](OC(C)=O)[C@@H](OC(C)=O)[C@H]4[C@@]21O. The molecule has 3 heterocycles. The van der Waals surface area contributed by atoms with E-state index in [1.165, 1.54) is 6.92 Å². The Morgan fingerprint density at radius 2 is 1.54 bits per heavy atom. The number of hydrogen-bond donors (Lipinski definition) is 6. The molecule has 7 rings (SSSR count). The molecule has 0 aromatic rings. The van der Waals surface area contributed by atoms with Crippen LogP contribution >= 0.6 is 0 Å². The Kier molecular flexibility index (Phi) is 10.3. The second kappa shape index (κ2) is 13.8. The number of fused-ring (bicyclic) bond motifs is 5. The molecule has 6 N–H and O–H groups in total. The first-order chi connectivity index (χ1) is 26.3. The maximum Gasteiger partial charge on any atom is 0.341 e. The highest BCUT2D eigenvalue weighted by molar-refractivity contribution is 5.79. The monoisotopic (exact) mass is 809 g/mol. The molecule has 4 saturated carbocycles. The first kappa shape index (κ1) is 42.7. The largest absolute Gasteiger partial charge is 0.458 e. The summed E-state index contributed by atoms with van der Waals surface area (Å²) >= 11 is 0. The van der Waals surface area contributed by atoms with Crippen LogP contribution in [0.3, 0.4) is 0 Å². The van der Waals surface area contributed by atoms with E-state index in [1.807, 2.05) is 6.92 Å². The molecule has 3 saturated heterocycles. The van der Waals surface area contributed by atoms with Gasteiger partial charge in [0.25, 0.3) is 0 Å². The Labute approximate surface area is 333 Å². The lowest BCUT2D eigenvalue weighted by molar-refractivity contribution is -0.301. The number of nitrogens with zero attached hydrogens (tertiary/aromatic N) is 1. The average molecular weight is 810 g/mol. The number of esters is 4. The Hall–Kier alpha value is -2.44. The van der Waals surface area contributed by atoms with Crippen molar-refractivity contribution in [2.45, 2.75) is 172 Å². The molecule has 20 atom stereocenters. The molecule has 0 radical (unpaired) electrons. The van der Waals surface area contributed by atoms with E-state index < -0.39 is 130 Å². The van der Waals surface area contributed by atoms with Gasteiger partial charge in [0.2, 0.25) is 5.79 Å². The molecule has 16 nitrogen and oxygen atoms in total. The van der Waals surface area contributed by atoms with Crippen LogP contribution in [0.2, 0.25) is 0 Å². The standard InChI is InChI=1S/C41H63NO15/c1-10-19(3)34(47)56-33-28(46)27-23(17-42-16-18(2)11-12-25(42)38(27,9)50)24-15-39-32(40(24,33)51)30(54-22(6)45)29(53-21(5)44)31-36(39,7)14-13-26(41(31,52)57-39)55-35(48)37(8,49)20(4)43/h18-20,23-33,43,46,49-52H,10-17H2,1-9H3/t18-,19+,20+,23-,24-,25-,26-,27+,28+,29-,30+,31-,32+,33-,36-,37+,38+,39-,40-,41+/m0/s1. The molecule has 0 aromatic carbocycles. The Morgan fingerprint density at radius 3 is 2.12 bits per heavy atom. The summed E-state index contributed by atoms with van der Waals surface area (Å²) in [6, 6.07) is -0.329. The number of aliphatic hydroxyl groups excluding tert-OH is 2. The average Bonchev–Trinajstić information content (AvgIpc) is 3.40. The molecule has 7 fully saturated rings. The molecule has 322 valence electrons. The van der Waals surface area contributed by atoms with E-state index in [0.29, 0.717) is 31.8 Å².